The molecule has 4 rings (SSSR count). The van der Waals surface area contributed by atoms with Gasteiger partial charge in [-0.05, 0) is 55.5 Å². The number of benzene rings is 2. The predicted molar refractivity (Wildman–Crippen MR) is 132 cm³/mol. The topological polar surface area (TPSA) is 57.4 Å². The van der Waals surface area contributed by atoms with Gasteiger partial charge in [0.05, 0.1) is 17.5 Å². The first-order valence-electron chi connectivity index (χ1n) is 11.5. The van der Waals surface area contributed by atoms with E-state index in [1.165, 1.54) is 19.5 Å². The SMILES string of the molecule is COc1ccc2c(Sc3ccccc3)c(C(=O)NCCCN3C[C@@H](C)C[C@H](C)C3)[nH]c2c1. The van der Waals surface area contributed by atoms with Crippen LogP contribution in [0.25, 0.3) is 10.9 Å². The van der Waals surface area contributed by atoms with Gasteiger partial charge < -0.3 is 19.9 Å². The van der Waals surface area contributed by atoms with E-state index in [2.05, 4.69) is 41.2 Å². The molecule has 2 N–H and O–H groups in total. The van der Waals surface area contributed by atoms with E-state index >= 15 is 0 Å². The van der Waals surface area contributed by atoms with Crippen molar-refractivity contribution in [2.24, 2.45) is 11.8 Å². The highest BCUT2D eigenvalue weighted by molar-refractivity contribution is 7.99. The smallest absolute Gasteiger partial charge is 0.268 e. The van der Waals surface area contributed by atoms with Gasteiger partial charge in [0.25, 0.3) is 5.91 Å². The fourth-order valence-electron chi connectivity index (χ4n) is 4.72. The van der Waals surface area contributed by atoms with Gasteiger partial charge in [0.2, 0.25) is 0 Å². The number of aromatic nitrogens is 1. The minimum Gasteiger partial charge on any atom is -0.497 e. The van der Waals surface area contributed by atoms with E-state index in [1.54, 1.807) is 18.9 Å². The molecular formula is C26H33N3O2S. The monoisotopic (exact) mass is 451 g/mol. The van der Waals surface area contributed by atoms with Crippen LogP contribution in [0, 0.1) is 11.8 Å². The summed E-state index contributed by atoms with van der Waals surface area (Å²) in [6.45, 7) is 8.71. The average molecular weight is 452 g/mol. The van der Waals surface area contributed by atoms with Crippen LogP contribution in [-0.4, -0.2) is 49.1 Å². The molecule has 0 spiro atoms. The van der Waals surface area contributed by atoms with Crippen LogP contribution < -0.4 is 10.1 Å². The summed E-state index contributed by atoms with van der Waals surface area (Å²) >= 11 is 1.61. The number of ether oxygens (including phenoxy) is 1. The summed E-state index contributed by atoms with van der Waals surface area (Å²) in [6.07, 6.45) is 2.28. The van der Waals surface area contributed by atoms with Crippen molar-refractivity contribution in [3.8, 4) is 5.75 Å². The lowest BCUT2D eigenvalue weighted by atomic mass is 9.92. The first-order chi connectivity index (χ1) is 15.5. The van der Waals surface area contributed by atoms with Gasteiger partial charge in [0.15, 0.2) is 0 Å². The fourth-order valence-corrected chi connectivity index (χ4v) is 5.78. The number of fused-ring (bicyclic) bond motifs is 1. The van der Waals surface area contributed by atoms with Gasteiger partial charge in [-0.15, -0.1) is 0 Å². The summed E-state index contributed by atoms with van der Waals surface area (Å²) in [6, 6.07) is 16.1. The Hall–Kier alpha value is -2.44. The number of carbonyl (C=O) groups excluding carboxylic acids is 1. The molecule has 0 bridgehead atoms. The number of hydrogen-bond acceptors (Lipinski definition) is 4. The zero-order chi connectivity index (χ0) is 22.5. The second-order valence-electron chi connectivity index (χ2n) is 8.97. The molecule has 0 saturated carbocycles. The van der Waals surface area contributed by atoms with Crippen LogP contribution in [-0.2, 0) is 0 Å². The van der Waals surface area contributed by atoms with Crippen LogP contribution in [0.3, 0.4) is 0 Å². The number of nitrogens with zero attached hydrogens (tertiary/aromatic N) is 1. The quantitative estimate of drug-likeness (QED) is 0.449. The minimum atomic E-state index is -0.0565. The summed E-state index contributed by atoms with van der Waals surface area (Å²) < 4.78 is 5.37. The van der Waals surface area contributed by atoms with Crippen molar-refractivity contribution in [1.29, 1.82) is 0 Å². The first-order valence-corrected chi connectivity index (χ1v) is 12.3. The molecule has 6 heteroatoms. The lowest BCUT2D eigenvalue weighted by Crippen LogP contribution is -2.40. The maximum Gasteiger partial charge on any atom is 0.268 e. The van der Waals surface area contributed by atoms with Gasteiger partial charge in [0.1, 0.15) is 11.4 Å². The maximum atomic E-state index is 13.1. The van der Waals surface area contributed by atoms with Gasteiger partial charge in [-0.25, -0.2) is 0 Å². The molecule has 5 nitrogen and oxygen atoms in total. The zero-order valence-corrected chi connectivity index (χ0v) is 20.0. The van der Waals surface area contributed by atoms with Crippen molar-refractivity contribution in [1.82, 2.24) is 15.2 Å². The van der Waals surface area contributed by atoms with Crippen molar-refractivity contribution in [2.75, 3.05) is 33.3 Å². The van der Waals surface area contributed by atoms with E-state index in [0.717, 1.165) is 51.2 Å². The number of aromatic amines is 1. The number of rotatable bonds is 8. The molecular weight excluding hydrogens is 418 g/mol. The van der Waals surface area contributed by atoms with E-state index in [-0.39, 0.29) is 5.91 Å². The van der Waals surface area contributed by atoms with Crippen molar-refractivity contribution in [3.05, 3.63) is 54.2 Å². The Kier molecular flexibility index (Phi) is 7.43. The van der Waals surface area contributed by atoms with Crippen LogP contribution in [0.15, 0.2) is 58.3 Å². The highest BCUT2D eigenvalue weighted by atomic mass is 32.2. The molecule has 2 aromatic carbocycles. The van der Waals surface area contributed by atoms with E-state index in [0.29, 0.717) is 12.2 Å². The molecule has 2 heterocycles. The Bertz CT molecular complexity index is 1040. The zero-order valence-electron chi connectivity index (χ0n) is 19.2. The van der Waals surface area contributed by atoms with E-state index in [9.17, 15) is 4.79 Å². The lowest BCUT2D eigenvalue weighted by Gasteiger charge is -2.34. The van der Waals surface area contributed by atoms with Crippen LogP contribution in [0.5, 0.6) is 5.75 Å². The Morgan fingerprint density at radius 3 is 2.62 bits per heavy atom. The Morgan fingerprint density at radius 2 is 1.91 bits per heavy atom. The summed E-state index contributed by atoms with van der Waals surface area (Å²) in [5.41, 5.74) is 1.52. The van der Waals surface area contributed by atoms with Gasteiger partial charge in [-0.2, -0.15) is 0 Å². The number of nitrogens with one attached hydrogen (secondary N) is 2. The molecule has 170 valence electrons. The van der Waals surface area contributed by atoms with Crippen LogP contribution in [0.1, 0.15) is 37.2 Å². The van der Waals surface area contributed by atoms with Crippen molar-refractivity contribution < 1.29 is 9.53 Å². The van der Waals surface area contributed by atoms with Crippen LogP contribution >= 0.6 is 11.8 Å². The minimum absolute atomic E-state index is 0.0565. The molecule has 1 aliphatic rings. The second-order valence-corrected chi connectivity index (χ2v) is 10.1. The van der Waals surface area contributed by atoms with Gasteiger partial charge in [-0.3, -0.25) is 4.79 Å². The maximum absolute atomic E-state index is 13.1. The Labute approximate surface area is 194 Å². The van der Waals surface area contributed by atoms with Gasteiger partial charge in [0, 0.05) is 36.0 Å². The largest absolute Gasteiger partial charge is 0.497 e. The highest BCUT2D eigenvalue weighted by Gasteiger charge is 2.22. The normalized spacial score (nSPS) is 19.2. The Morgan fingerprint density at radius 1 is 1.16 bits per heavy atom. The Balaban J connectivity index is 1.45. The molecule has 3 aromatic rings. The standard InChI is InChI=1S/C26H33N3O2S/c1-18-14-19(2)17-29(16-18)13-7-12-27-26(30)24-25(32-21-8-5-4-6-9-21)22-11-10-20(31-3)15-23(22)28-24/h4-6,8-11,15,18-19,28H,7,12-14,16-17H2,1-3H3,(H,27,30)/t18-,19-/m0/s1. The summed E-state index contributed by atoms with van der Waals surface area (Å²) in [4.78, 5) is 21.1. The highest BCUT2D eigenvalue weighted by Crippen LogP contribution is 2.37. The van der Waals surface area contributed by atoms with Gasteiger partial charge in [-0.1, -0.05) is 43.8 Å². The molecule has 1 aromatic heterocycles. The number of H-pyrrole nitrogens is 1. The molecule has 32 heavy (non-hydrogen) atoms. The first kappa shape index (κ1) is 22.7. The van der Waals surface area contributed by atoms with E-state index in [4.69, 9.17) is 4.74 Å². The number of methoxy groups -OCH3 is 1. The summed E-state index contributed by atoms with van der Waals surface area (Å²) in [5.74, 6) is 2.23. The fraction of sp³-hybridized carbons (Fsp3) is 0.423. The number of amides is 1. The summed E-state index contributed by atoms with van der Waals surface area (Å²) in [5, 5.41) is 4.16. The molecule has 1 fully saturated rings. The van der Waals surface area contributed by atoms with Crippen molar-refractivity contribution in [2.45, 2.75) is 36.5 Å². The molecule has 1 aliphatic heterocycles. The molecule has 0 unspecified atom stereocenters. The van der Waals surface area contributed by atoms with Crippen molar-refractivity contribution in [3.63, 3.8) is 0 Å². The predicted octanol–water partition coefficient (Wildman–Crippen LogP) is 5.43. The van der Waals surface area contributed by atoms with Gasteiger partial charge >= 0.3 is 0 Å². The molecule has 2 atom stereocenters. The summed E-state index contributed by atoms with van der Waals surface area (Å²) in [7, 11) is 1.65. The average Bonchev–Trinajstić information content (AvgIpc) is 3.14. The third-order valence-corrected chi connectivity index (χ3v) is 7.17. The van der Waals surface area contributed by atoms with Crippen LogP contribution in [0.2, 0.25) is 0 Å². The van der Waals surface area contributed by atoms with Crippen LogP contribution in [0.4, 0.5) is 0 Å². The third-order valence-electron chi connectivity index (χ3n) is 6.03. The third kappa shape index (κ3) is 5.48. The lowest BCUT2D eigenvalue weighted by molar-refractivity contribution is 0.0940. The molecule has 1 saturated heterocycles. The van der Waals surface area contributed by atoms with E-state index in [1.807, 2.05) is 36.4 Å². The number of carbonyl (C=O) groups is 1. The number of likely N-dealkylation sites (tertiary alicyclic amines) is 1. The molecule has 1 amide bonds. The molecule has 0 radical (unpaired) electrons. The number of piperidine rings is 1. The second kappa shape index (κ2) is 10.5. The van der Waals surface area contributed by atoms with Crippen molar-refractivity contribution >= 4 is 28.6 Å². The number of hydrogen-bond donors (Lipinski definition) is 2. The van der Waals surface area contributed by atoms with E-state index < -0.39 is 0 Å². The molecule has 0 aliphatic carbocycles.